The first-order valence-corrected chi connectivity index (χ1v) is 9.53. The van der Waals surface area contributed by atoms with E-state index in [2.05, 4.69) is 10.00 Å². The van der Waals surface area contributed by atoms with Gasteiger partial charge >= 0.3 is 0 Å². The van der Waals surface area contributed by atoms with Gasteiger partial charge in [-0.05, 0) is 54.6 Å². The van der Waals surface area contributed by atoms with Crippen LogP contribution in [0.25, 0.3) is 11.3 Å². The molecule has 7 heteroatoms. The molecule has 0 atom stereocenters. The Labute approximate surface area is 169 Å². The Hall–Kier alpha value is -3.35. The van der Waals surface area contributed by atoms with Crippen LogP contribution in [0.5, 0.6) is 5.75 Å². The van der Waals surface area contributed by atoms with Gasteiger partial charge in [-0.1, -0.05) is 0 Å². The number of carbonyl (C=O) groups excluding carboxylic acids is 1. The maximum absolute atomic E-state index is 13.1. The second kappa shape index (κ2) is 7.95. The van der Waals surface area contributed by atoms with Gasteiger partial charge in [-0.3, -0.25) is 9.48 Å². The van der Waals surface area contributed by atoms with Crippen molar-refractivity contribution < 1.29 is 13.9 Å². The Morgan fingerprint density at radius 1 is 1.00 bits per heavy atom. The maximum atomic E-state index is 13.1. The first-order valence-electron chi connectivity index (χ1n) is 9.53. The van der Waals surface area contributed by atoms with Gasteiger partial charge in [-0.2, -0.15) is 5.10 Å². The molecule has 150 valence electrons. The van der Waals surface area contributed by atoms with Crippen LogP contribution >= 0.6 is 0 Å². The zero-order valence-corrected chi connectivity index (χ0v) is 16.5. The summed E-state index contributed by atoms with van der Waals surface area (Å²) in [7, 11) is 3.47. The summed E-state index contributed by atoms with van der Waals surface area (Å²) in [5.41, 5.74) is 3.26. The standard InChI is InChI=1S/C22H23FN4O2/c1-25-21(16-3-9-19(29-2)10-4-16)15-20(24-25)22(28)27-13-11-26(12-14-27)18-7-5-17(23)6-8-18/h3-10,15H,11-14H2,1-2H3. The average Bonchev–Trinajstić information content (AvgIpc) is 3.15. The summed E-state index contributed by atoms with van der Waals surface area (Å²) in [6.07, 6.45) is 0. The lowest BCUT2D eigenvalue weighted by Gasteiger charge is -2.35. The Morgan fingerprint density at radius 3 is 2.28 bits per heavy atom. The van der Waals surface area contributed by atoms with Crippen molar-refractivity contribution in [1.82, 2.24) is 14.7 Å². The Kier molecular flexibility index (Phi) is 5.20. The van der Waals surface area contributed by atoms with Crippen molar-refractivity contribution in [3.63, 3.8) is 0 Å². The van der Waals surface area contributed by atoms with Crippen LogP contribution in [0, 0.1) is 5.82 Å². The summed E-state index contributed by atoms with van der Waals surface area (Å²) in [5, 5.41) is 4.43. The fourth-order valence-electron chi connectivity index (χ4n) is 3.59. The fourth-order valence-corrected chi connectivity index (χ4v) is 3.59. The molecule has 6 nitrogen and oxygen atoms in total. The van der Waals surface area contributed by atoms with Crippen molar-refractivity contribution in [3.05, 3.63) is 66.1 Å². The molecule has 0 spiro atoms. The molecule has 4 rings (SSSR count). The zero-order valence-electron chi connectivity index (χ0n) is 16.5. The predicted octanol–water partition coefficient (Wildman–Crippen LogP) is 3.20. The minimum atomic E-state index is -0.245. The van der Waals surface area contributed by atoms with Crippen LogP contribution in [-0.4, -0.2) is 53.9 Å². The Balaban J connectivity index is 1.44. The van der Waals surface area contributed by atoms with E-state index in [9.17, 15) is 9.18 Å². The molecule has 0 N–H and O–H groups in total. The molecule has 1 amide bonds. The molecule has 3 aromatic rings. The summed E-state index contributed by atoms with van der Waals surface area (Å²) in [4.78, 5) is 16.9. The average molecular weight is 394 g/mol. The van der Waals surface area contributed by atoms with Crippen molar-refractivity contribution in [2.75, 3.05) is 38.2 Å². The molecule has 2 heterocycles. The molecule has 0 saturated carbocycles. The van der Waals surface area contributed by atoms with Crippen LogP contribution in [0.1, 0.15) is 10.5 Å². The highest BCUT2D eigenvalue weighted by molar-refractivity contribution is 5.93. The lowest BCUT2D eigenvalue weighted by Crippen LogP contribution is -2.48. The van der Waals surface area contributed by atoms with Crippen molar-refractivity contribution in [2.24, 2.45) is 7.05 Å². The van der Waals surface area contributed by atoms with Gasteiger partial charge in [0.15, 0.2) is 5.69 Å². The van der Waals surface area contributed by atoms with Crippen molar-refractivity contribution in [2.45, 2.75) is 0 Å². The molecule has 2 aromatic carbocycles. The van der Waals surface area contributed by atoms with E-state index in [4.69, 9.17) is 4.74 Å². The van der Waals surface area contributed by atoms with Crippen LogP contribution in [0.15, 0.2) is 54.6 Å². The van der Waals surface area contributed by atoms with Crippen molar-refractivity contribution in [1.29, 1.82) is 0 Å². The quantitative estimate of drug-likeness (QED) is 0.682. The molecule has 1 aliphatic heterocycles. The first kappa shape index (κ1) is 19.0. The lowest BCUT2D eigenvalue weighted by molar-refractivity contribution is 0.0740. The number of hydrogen-bond acceptors (Lipinski definition) is 4. The number of aryl methyl sites for hydroxylation is 1. The van der Waals surface area contributed by atoms with Gasteiger partial charge in [0.2, 0.25) is 0 Å². The Morgan fingerprint density at radius 2 is 1.66 bits per heavy atom. The summed E-state index contributed by atoms with van der Waals surface area (Å²) in [6, 6.07) is 16.0. The van der Waals surface area contributed by atoms with Gasteiger partial charge < -0.3 is 14.5 Å². The van der Waals surface area contributed by atoms with E-state index in [1.165, 1.54) is 12.1 Å². The van der Waals surface area contributed by atoms with E-state index in [1.54, 1.807) is 23.9 Å². The Bertz CT molecular complexity index is 991. The molecule has 0 bridgehead atoms. The second-order valence-corrected chi connectivity index (χ2v) is 7.02. The van der Waals surface area contributed by atoms with Gasteiger partial charge in [0.1, 0.15) is 11.6 Å². The number of hydrogen-bond donors (Lipinski definition) is 0. The van der Waals surface area contributed by atoms with Gasteiger partial charge in [0.05, 0.1) is 12.8 Å². The van der Waals surface area contributed by atoms with Gasteiger partial charge in [0.25, 0.3) is 5.91 Å². The number of amides is 1. The van der Waals surface area contributed by atoms with E-state index < -0.39 is 0 Å². The monoisotopic (exact) mass is 394 g/mol. The number of methoxy groups -OCH3 is 1. The molecule has 0 radical (unpaired) electrons. The third-order valence-corrected chi connectivity index (χ3v) is 5.24. The molecule has 1 aromatic heterocycles. The third kappa shape index (κ3) is 3.94. The van der Waals surface area contributed by atoms with Crippen LogP contribution in [-0.2, 0) is 7.05 Å². The van der Waals surface area contributed by atoms with Crippen LogP contribution in [0.4, 0.5) is 10.1 Å². The molecule has 1 fully saturated rings. The molecular weight excluding hydrogens is 371 g/mol. The summed E-state index contributed by atoms with van der Waals surface area (Å²) >= 11 is 0. The van der Waals surface area contributed by atoms with E-state index in [0.29, 0.717) is 31.9 Å². The molecule has 29 heavy (non-hydrogen) atoms. The molecule has 0 unspecified atom stereocenters. The van der Waals surface area contributed by atoms with E-state index >= 15 is 0 Å². The van der Waals surface area contributed by atoms with Crippen LogP contribution in [0.2, 0.25) is 0 Å². The van der Waals surface area contributed by atoms with Gasteiger partial charge in [0, 0.05) is 44.5 Å². The van der Waals surface area contributed by atoms with Gasteiger partial charge in [-0.25, -0.2) is 4.39 Å². The van der Waals surface area contributed by atoms with E-state index in [0.717, 1.165) is 22.7 Å². The van der Waals surface area contributed by atoms with Crippen molar-refractivity contribution in [3.8, 4) is 17.0 Å². The third-order valence-electron chi connectivity index (χ3n) is 5.24. The van der Waals surface area contributed by atoms with E-state index in [-0.39, 0.29) is 11.7 Å². The highest BCUT2D eigenvalue weighted by atomic mass is 19.1. The summed E-state index contributed by atoms with van der Waals surface area (Å²) in [5.74, 6) is 0.468. The lowest BCUT2D eigenvalue weighted by atomic mass is 10.1. The van der Waals surface area contributed by atoms with Gasteiger partial charge in [-0.15, -0.1) is 0 Å². The highest BCUT2D eigenvalue weighted by Gasteiger charge is 2.25. The minimum Gasteiger partial charge on any atom is -0.497 e. The number of piperazine rings is 1. The highest BCUT2D eigenvalue weighted by Crippen LogP contribution is 2.24. The number of halogens is 1. The molecule has 0 aliphatic carbocycles. The number of aromatic nitrogens is 2. The predicted molar refractivity (Wildman–Crippen MR) is 110 cm³/mol. The largest absolute Gasteiger partial charge is 0.497 e. The number of benzene rings is 2. The normalized spacial score (nSPS) is 14.2. The first-order chi connectivity index (χ1) is 14.0. The number of anilines is 1. The van der Waals surface area contributed by atoms with Crippen LogP contribution < -0.4 is 9.64 Å². The number of nitrogens with zero attached hydrogens (tertiary/aromatic N) is 4. The SMILES string of the molecule is COc1ccc(-c2cc(C(=O)N3CCN(c4ccc(F)cc4)CC3)nn2C)cc1. The zero-order chi connectivity index (χ0) is 20.4. The summed E-state index contributed by atoms with van der Waals surface area (Å²) in [6.45, 7) is 2.61. The molecule has 1 saturated heterocycles. The number of carbonyl (C=O) groups is 1. The summed E-state index contributed by atoms with van der Waals surface area (Å²) < 4.78 is 20.0. The van der Waals surface area contributed by atoms with E-state index in [1.807, 2.05) is 42.3 Å². The minimum absolute atomic E-state index is 0.0703. The second-order valence-electron chi connectivity index (χ2n) is 7.02. The van der Waals surface area contributed by atoms with Crippen LogP contribution in [0.3, 0.4) is 0 Å². The fraction of sp³-hybridized carbons (Fsp3) is 0.273. The topological polar surface area (TPSA) is 50.6 Å². The molecule has 1 aliphatic rings. The maximum Gasteiger partial charge on any atom is 0.274 e. The smallest absolute Gasteiger partial charge is 0.274 e. The number of rotatable bonds is 4. The number of ether oxygens (including phenoxy) is 1. The molecular formula is C22H23FN4O2. The van der Waals surface area contributed by atoms with Crippen molar-refractivity contribution >= 4 is 11.6 Å².